The molecule has 76 valence electrons. The number of piperazine rings is 1. The first kappa shape index (κ1) is 9.44. The Morgan fingerprint density at radius 3 is 2.31 bits per heavy atom. The van der Waals surface area contributed by atoms with Gasteiger partial charge in [0.15, 0.2) is 0 Å². The van der Waals surface area contributed by atoms with Crippen LogP contribution >= 0.6 is 0 Å². The average molecular weight is 184 g/mol. The van der Waals surface area contributed by atoms with Crippen molar-refractivity contribution in [3.63, 3.8) is 0 Å². The molecule has 3 heteroatoms. The van der Waals surface area contributed by atoms with Crippen LogP contribution < -0.4 is 0 Å². The van der Waals surface area contributed by atoms with Crippen LogP contribution in [0.1, 0.15) is 19.8 Å². The molecule has 3 saturated heterocycles. The van der Waals surface area contributed by atoms with Crippen molar-refractivity contribution < 1.29 is 5.11 Å². The van der Waals surface area contributed by atoms with Crippen LogP contribution in [0.2, 0.25) is 0 Å². The Morgan fingerprint density at radius 2 is 1.85 bits per heavy atom. The Bertz CT molecular complexity index is 221. The lowest BCUT2D eigenvalue weighted by molar-refractivity contribution is -0.125. The summed E-state index contributed by atoms with van der Waals surface area (Å²) in [6.07, 6.45) is 2.36. The van der Waals surface area contributed by atoms with E-state index in [1.807, 2.05) is 0 Å². The van der Waals surface area contributed by atoms with E-state index >= 15 is 0 Å². The van der Waals surface area contributed by atoms with Crippen molar-refractivity contribution in [3.8, 4) is 0 Å². The van der Waals surface area contributed by atoms with E-state index in [0.29, 0.717) is 12.1 Å². The zero-order valence-electron chi connectivity index (χ0n) is 8.88. The van der Waals surface area contributed by atoms with Gasteiger partial charge in [-0.1, -0.05) is 0 Å². The van der Waals surface area contributed by atoms with Gasteiger partial charge in [-0.3, -0.25) is 9.80 Å². The molecule has 3 aliphatic rings. The second kappa shape index (κ2) is 2.69. The highest BCUT2D eigenvalue weighted by molar-refractivity contribution is 5.09. The molecule has 3 rings (SSSR count). The third kappa shape index (κ3) is 1.14. The molecular formula is C10H20N2O. The Balaban J connectivity index is 2.27. The maximum Gasteiger partial charge on any atom is 0.0627 e. The highest BCUT2D eigenvalue weighted by atomic mass is 16.3. The predicted molar refractivity (Wildman–Crippen MR) is 52.7 cm³/mol. The number of likely N-dealkylation sites (N-methyl/N-ethyl adjacent to an activating group) is 2. The lowest BCUT2D eigenvalue weighted by atomic mass is 9.73. The second-order valence-electron chi connectivity index (χ2n) is 5.09. The number of nitrogens with zero attached hydrogens (tertiary/aromatic N) is 2. The van der Waals surface area contributed by atoms with E-state index in [9.17, 15) is 5.11 Å². The van der Waals surface area contributed by atoms with Crippen molar-refractivity contribution in [1.82, 2.24) is 9.80 Å². The molecule has 3 nitrogen and oxygen atoms in total. The molecule has 0 aromatic heterocycles. The lowest BCUT2D eigenvalue weighted by Gasteiger charge is -2.61. The van der Waals surface area contributed by atoms with Crippen LogP contribution in [-0.2, 0) is 0 Å². The summed E-state index contributed by atoms with van der Waals surface area (Å²) in [4.78, 5) is 4.75. The molecule has 2 atom stereocenters. The third-order valence-corrected chi connectivity index (χ3v) is 4.26. The summed E-state index contributed by atoms with van der Waals surface area (Å²) in [6, 6.07) is 0. The minimum Gasteiger partial charge on any atom is -0.394 e. The maximum atomic E-state index is 9.47. The average Bonchev–Trinajstić information content (AvgIpc) is 2.09. The summed E-state index contributed by atoms with van der Waals surface area (Å²) < 4.78 is 0. The molecule has 2 unspecified atom stereocenters. The van der Waals surface area contributed by atoms with Gasteiger partial charge in [0.1, 0.15) is 0 Å². The number of aliphatic hydroxyl groups is 1. The predicted octanol–water partition coefficient (Wildman–Crippen LogP) is 0.147. The number of hydrogen-bond acceptors (Lipinski definition) is 3. The zero-order chi connectivity index (χ0) is 9.69. The summed E-state index contributed by atoms with van der Waals surface area (Å²) >= 11 is 0. The van der Waals surface area contributed by atoms with Crippen molar-refractivity contribution in [3.05, 3.63) is 0 Å². The van der Waals surface area contributed by atoms with Crippen molar-refractivity contribution >= 4 is 0 Å². The fraction of sp³-hybridized carbons (Fsp3) is 1.00. The van der Waals surface area contributed by atoms with E-state index in [1.165, 1.54) is 6.42 Å². The lowest BCUT2D eigenvalue weighted by Crippen LogP contribution is -2.74. The van der Waals surface area contributed by atoms with Gasteiger partial charge in [-0.2, -0.15) is 0 Å². The van der Waals surface area contributed by atoms with Crippen molar-refractivity contribution in [2.75, 3.05) is 33.8 Å². The summed E-state index contributed by atoms with van der Waals surface area (Å²) in [5.41, 5.74) is 0.387. The first-order valence-corrected chi connectivity index (χ1v) is 5.06. The summed E-state index contributed by atoms with van der Waals surface area (Å²) in [6.45, 7) is 4.72. The number of hydrogen-bond donors (Lipinski definition) is 1. The smallest absolute Gasteiger partial charge is 0.0627 e. The molecule has 3 fully saturated rings. The van der Waals surface area contributed by atoms with Gasteiger partial charge in [-0.05, 0) is 33.9 Å². The fourth-order valence-electron chi connectivity index (χ4n) is 2.84. The molecule has 0 saturated carbocycles. The molecule has 0 spiro atoms. The maximum absolute atomic E-state index is 9.47. The van der Waals surface area contributed by atoms with E-state index < -0.39 is 0 Å². The highest BCUT2D eigenvalue weighted by Gasteiger charge is 2.52. The van der Waals surface area contributed by atoms with Crippen molar-refractivity contribution in [1.29, 1.82) is 0 Å². The number of piperidine rings is 2. The zero-order valence-corrected chi connectivity index (χ0v) is 8.88. The van der Waals surface area contributed by atoms with Gasteiger partial charge >= 0.3 is 0 Å². The first-order chi connectivity index (χ1) is 6.02. The van der Waals surface area contributed by atoms with Gasteiger partial charge in [0.2, 0.25) is 0 Å². The Labute approximate surface area is 80.3 Å². The molecular weight excluding hydrogens is 164 g/mol. The summed E-state index contributed by atoms with van der Waals surface area (Å²) in [7, 11) is 4.32. The SMILES string of the molecule is CN1CC2(CO)CCC1(C)CN2C. The number of aliphatic hydroxyl groups excluding tert-OH is 1. The Morgan fingerprint density at radius 1 is 1.15 bits per heavy atom. The van der Waals surface area contributed by atoms with Gasteiger partial charge in [-0.25, -0.2) is 0 Å². The molecule has 2 bridgehead atoms. The topological polar surface area (TPSA) is 26.7 Å². The van der Waals surface area contributed by atoms with E-state index in [1.54, 1.807) is 0 Å². The van der Waals surface area contributed by atoms with Gasteiger partial charge in [0.25, 0.3) is 0 Å². The monoisotopic (exact) mass is 184 g/mol. The Kier molecular flexibility index (Phi) is 1.95. The standard InChI is InChI=1S/C10H20N2O/c1-9-4-5-10(8-13,7-11(9)2)12(3)6-9/h13H,4-8H2,1-3H3. The number of rotatable bonds is 1. The van der Waals surface area contributed by atoms with Gasteiger partial charge in [0, 0.05) is 18.6 Å². The van der Waals surface area contributed by atoms with Gasteiger partial charge in [0.05, 0.1) is 12.1 Å². The minimum atomic E-state index is 0.0481. The quantitative estimate of drug-likeness (QED) is 0.628. The molecule has 0 radical (unpaired) electrons. The largest absolute Gasteiger partial charge is 0.394 e. The van der Waals surface area contributed by atoms with Crippen LogP contribution in [0.4, 0.5) is 0 Å². The third-order valence-electron chi connectivity index (χ3n) is 4.26. The van der Waals surface area contributed by atoms with Crippen LogP contribution in [-0.4, -0.2) is 59.8 Å². The minimum absolute atomic E-state index is 0.0481. The fourth-order valence-corrected chi connectivity index (χ4v) is 2.84. The van der Waals surface area contributed by atoms with Crippen LogP contribution in [0.15, 0.2) is 0 Å². The van der Waals surface area contributed by atoms with Crippen LogP contribution in [0.5, 0.6) is 0 Å². The Hall–Kier alpha value is -0.120. The molecule has 3 aliphatic heterocycles. The van der Waals surface area contributed by atoms with Crippen LogP contribution in [0, 0.1) is 0 Å². The van der Waals surface area contributed by atoms with Crippen LogP contribution in [0.3, 0.4) is 0 Å². The van der Waals surface area contributed by atoms with Crippen molar-refractivity contribution in [2.24, 2.45) is 0 Å². The molecule has 0 aliphatic carbocycles. The molecule has 0 aromatic rings. The number of fused-ring (bicyclic) bond motifs is 3. The second-order valence-corrected chi connectivity index (χ2v) is 5.09. The van der Waals surface area contributed by atoms with E-state index in [0.717, 1.165) is 19.5 Å². The van der Waals surface area contributed by atoms with E-state index in [4.69, 9.17) is 0 Å². The van der Waals surface area contributed by atoms with Crippen LogP contribution in [0.25, 0.3) is 0 Å². The molecule has 1 N–H and O–H groups in total. The van der Waals surface area contributed by atoms with Gasteiger partial charge < -0.3 is 5.11 Å². The van der Waals surface area contributed by atoms with Gasteiger partial charge in [-0.15, -0.1) is 0 Å². The molecule has 3 heterocycles. The molecule has 0 aromatic carbocycles. The molecule has 0 amide bonds. The molecule has 13 heavy (non-hydrogen) atoms. The highest BCUT2D eigenvalue weighted by Crippen LogP contribution is 2.41. The van der Waals surface area contributed by atoms with E-state index in [-0.39, 0.29) is 5.54 Å². The summed E-state index contributed by atoms with van der Waals surface area (Å²) in [5.74, 6) is 0. The first-order valence-electron chi connectivity index (χ1n) is 5.06. The van der Waals surface area contributed by atoms with E-state index in [2.05, 4.69) is 30.8 Å². The summed E-state index contributed by atoms with van der Waals surface area (Å²) in [5, 5.41) is 9.47. The van der Waals surface area contributed by atoms with Crippen molar-refractivity contribution in [2.45, 2.75) is 30.8 Å². The normalized spacial score (nSPS) is 47.1.